The first-order valence-corrected chi connectivity index (χ1v) is 10.7. The summed E-state index contributed by atoms with van der Waals surface area (Å²) in [5.41, 5.74) is 3.06. The molecule has 1 amide bonds. The second kappa shape index (κ2) is 9.04. The summed E-state index contributed by atoms with van der Waals surface area (Å²) < 4.78 is 5.25. The van der Waals surface area contributed by atoms with Gasteiger partial charge in [0.05, 0.1) is 17.3 Å². The summed E-state index contributed by atoms with van der Waals surface area (Å²) in [6.45, 7) is -0.397. The Morgan fingerprint density at radius 1 is 0.909 bits per heavy atom. The van der Waals surface area contributed by atoms with Crippen molar-refractivity contribution in [3.05, 3.63) is 114 Å². The highest BCUT2D eigenvalue weighted by atomic mass is 16.5. The molecular formula is C27H21N3O3. The molecule has 162 valence electrons. The normalized spacial score (nSPS) is 15.3. The number of benzene rings is 3. The van der Waals surface area contributed by atoms with Crippen LogP contribution in [0.25, 0.3) is 10.8 Å². The summed E-state index contributed by atoms with van der Waals surface area (Å²) in [4.78, 5) is 29.2. The molecule has 6 nitrogen and oxygen atoms in total. The number of pyridine rings is 1. The van der Waals surface area contributed by atoms with Crippen molar-refractivity contribution in [3.8, 4) is 0 Å². The number of carbonyl (C=O) groups is 2. The smallest absolute Gasteiger partial charge is 0.340 e. The molecule has 0 N–H and O–H groups in total. The van der Waals surface area contributed by atoms with Crippen LogP contribution in [-0.2, 0) is 9.53 Å². The minimum Gasteiger partial charge on any atom is -0.452 e. The third kappa shape index (κ3) is 4.36. The zero-order valence-electron chi connectivity index (χ0n) is 17.8. The standard InChI is InChI=1S/C27H21N3O3/c31-26(18-33-27(32)23-11-6-14-28-17-23)30-25(20-8-2-1-3-9-20)16-24(29-30)22-13-12-19-7-4-5-10-21(19)15-22/h1-15,17,25H,16,18H2. The van der Waals surface area contributed by atoms with Crippen LogP contribution in [0.4, 0.5) is 0 Å². The molecule has 1 unspecified atom stereocenters. The van der Waals surface area contributed by atoms with E-state index in [1.807, 2.05) is 48.5 Å². The number of hydrogen-bond donors (Lipinski definition) is 0. The van der Waals surface area contributed by atoms with Crippen LogP contribution < -0.4 is 0 Å². The Kier molecular flexibility index (Phi) is 5.64. The fourth-order valence-electron chi connectivity index (χ4n) is 3.98. The van der Waals surface area contributed by atoms with Crippen molar-refractivity contribution in [1.29, 1.82) is 0 Å². The fraction of sp³-hybridized carbons (Fsp3) is 0.111. The molecule has 0 radical (unpaired) electrons. The van der Waals surface area contributed by atoms with Crippen LogP contribution in [0.3, 0.4) is 0 Å². The van der Waals surface area contributed by atoms with Crippen LogP contribution in [0.1, 0.15) is 33.9 Å². The molecule has 0 saturated heterocycles. The first-order chi connectivity index (χ1) is 16.2. The molecular weight excluding hydrogens is 414 g/mol. The lowest BCUT2D eigenvalue weighted by molar-refractivity contribution is -0.136. The molecule has 0 saturated carbocycles. The number of aromatic nitrogens is 1. The zero-order chi connectivity index (χ0) is 22.6. The Bertz CT molecular complexity index is 1340. The number of hydrazone groups is 1. The molecule has 2 heterocycles. The maximum atomic E-state index is 13.1. The van der Waals surface area contributed by atoms with Crippen molar-refractivity contribution < 1.29 is 14.3 Å². The Hall–Kier alpha value is -4.32. The number of esters is 1. The number of ether oxygens (including phenoxy) is 1. The van der Waals surface area contributed by atoms with Gasteiger partial charge in [0.15, 0.2) is 6.61 Å². The van der Waals surface area contributed by atoms with E-state index in [9.17, 15) is 9.59 Å². The van der Waals surface area contributed by atoms with Crippen molar-refractivity contribution in [2.75, 3.05) is 6.61 Å². The summed E-state index contributed by atoms with van der Waals surface area (Å²) in [6, 6.07) is 27.1. The number of fused-ring (bicyclic) bond motifs is 1. The topological polar surface area (TPSA) is 71.9 Å². The van der Waals surface area contributed by atoms with Gasteiger partial charge in [0.25, 0.3) is 5.91 Å². The maximum absolute atomic E-state index is 13.1. The predicted molar refractivity (Wildman–Crippen MR) is 126 cm³/mol. The van der Waals surface area contributed by atoms with Gasteiger partial charge in [0.2, 0.25) is 0 Å². The van der Waals surface area contributed by atoms with E-state index in [0.717, 1.165) is 27.6 Å². The number of carbonyl (C=O) groups excluding carboxylic acids is 2. The lowest BCUT2D eigenvalue weighted by Crippen LogP contribution is -2.31. The van der Waals surface area contributed by atoms with Crippen molar-refractivity contribution in [2.45, 2.75) is 12.5 Å². The SMILES string of the molecule is O=C(OCC(=O)N1N=C(c2ccc3ccccc3c2)CC1c1ccccc1)c1cccnc1. The highest BCUT2D eigenvalue weighted by Crippen LogP contribution is 2.33. The quantitative estimate of drug-likeness (QED) is 0.424. The summed E-state index contributed by atoms with van der Waals surface area (Å²) in [5, 5.41) is 8.37. The van der Waals surface area contributed by atoms with Crippen LogP contribution >= 0.6 is 0 Å². The average molecular weight is 435 g/mol. The summed E-state index contributed by atoms with van der Waals surface area (Å²) >= 11 is 0. The molecule has 0 spiro atoms. The van der Waals surface area contributed by atoms with E-state index in [1.54, 1.807) is 18.3 Å². The molecule has 0 aliphatic carbocycles. The lowest BCUT2D eigenvalue weighted by atomic mass is 9.97. The van der Waals surface area contributed by atoms with Crippen molar-refractivity contribution >= 4 is 28.4 Å². The Balaban J connectivity index is 1.40. The summed E-state index contributed by atoms with van der Waals surface area (Å²) in [6.07, 6.45) is 3.55. The van der Waals surface area contributed by atoms with Gasteiger partial charge in [0, 0.05) is 18.8 Å². The second-order valence-corrected chi connectivity index (χ2v) is 7.80. The van der Waals surface area contributed by atoms with Gasteiger partial charge in [-0.2, -0.15) is 5.10 Å². The van der Waals surface area contributed by atoms with E-state index >= 15 is 0 Å². The van der Waals surface area contributed by atoms with Gasteiger partial charge < -0.3 is 4.74 Å². The number of rotatable bonds is 5. The molecule has 1 aromatic heterocycles. The van der Waals surface area contributed by atoms with Crippen LogP contribution in [0.2, 0.25) is 0 Å². The van der Waals surface area contributed by atoms with E-state index in [1.165, 1.54) is 11.2 Å². The van der Waals surface area contributed by atoms with Gasteiger partial charge in [-0.05, 0) is 40.1 Å². The predicted octanol–water partition coefficient (Wildman–Crippen LogP) is 4.77. The molecule has 33 heavy (non-hydrogen) atoms. The third-order valence-corrected chi connectivity index (χ3v) is 5.66. The van der Waals surface area contributed by atoms with Crippen molar-refractivity contribution in [3.63, 3.8) is 0 Å². The highest BCUT2D eigenvalue weighted by Gasteiger charge is 2.33. The highest BCUT2D eigenvalue weighted by molar-refractivity contribution is 6.05. The van der Waals surface area contributed by atoms with Gasteiger partial charge >= 0.3 is 5.97 Å². The molecule has 1 aliphatic rings. The van der Waals surface area contributed by atoms with E-state index < -0.39 is 12.6 Å². The number of hydrogen-bond acceptors (Lipinski definition) is 5. The largest absolute Gasteiger partial charge is 0.452 e. The minimum absolute atomic E-state index is 0.266. The van der Waals surface area contributed by atoms with E-state index in [-0.39, 0.29) is 11.9 Å². The molecule has 0 fully saturated rings. The molecule has 0 bridgehead atoms. The fourth-order valence-corrected chi connectivity index (χ4v) is 3.98. The van der Waals surface area contributed by atoms with Gasteiger partial charge in [0.1, 0.15) is 0 Å². The third-order valence-electron chi connectivity index (χ3n) is 5.66. The first kappa shape index (κ1) is 20.6. The van der Waals surface area contributed by atoms with Gasteiger partial charge in [-0.3, -0.25) is 9.78 Å². The van der Waals surface area contributed by atoms with E-state index in [4.69, 9.17) is 4.74 Å². The van der Waals surface area contributed by atoms with E-state index in [2.05, 4.69) is 34.4 Å². The molecule has 6 heteroatoms. The van der Waals surface area contributed by atoms with Crippen molar-refractivity contribution in [2.24, 2.45) is 5.10 Å². The Labute approximate surface area is 191 Å². The van der Waals surface area contributed by atoms with Gasteiger partial charge in [-0.25, -0.2) is 9.80 Å². The average Bonchev–Trinajstić information content (AvgIpc) is 3.33. The number of amides is 1. The monoisotopic (exact) mass is 435 g/mol. The van der Waals surface area contributed by atoms with Crippen LogP contribution in [0.15, 0.2) is 102 Å². The molecule has 4 aromatic rings. The molecule has 1 aliphatic heterocycles. The van der Waals surface area contributed by atoms with Crippen LogP contribution in [0, 0.1) is 0 Å². The maximum Gasteiger partial charge on any atom is 0.340 e. The van der Waals surface area contributed by atoms with Gasteiger partial charge in [-0.1, -0.05) is 66.7 Å². The zero-order valence-corrected chi connectivity index (χ0v) is 17.8. The van der Waals surface area contributed by atoms with Crippen LogP contribution in [-0.4, -0.2) is 34.2 Å². The van der Waals surface area contributed by atoms with Crippen molar-refractivity contribution in [1.82, 2.24) is 9.99 Å². The lowest BCUT2D eigenvalue weighted by Gasteiger charge is -2.21. The summed E-state index contributed by atoms with van der Waals surface area (Å²) in [7, 11) is 0. The molecule has 5 rings (SSSR count). The van der Waals surface area contributed by atoms with E-state index in [0.29, 0.717) is 12.0 Å². The Morgan fingerprint density at radius 3 is 2.48 bits per heavy atom. The number of nitrogens with zero attached hydrogens (tertiary/aromatic N) is 3. The molecule has 3 aromatic carbocycles. The second-order valence-electron chi connectivity index (χ2n) is 7.80. The minimum atomic E-state index is -0.592. The molecule has 1 atom stereocenters. The Morgan fingerprint density at radius 2 is 1.70 bits per heavy atom. The first-order valence-electron chi connectivity index (χ1n) is 10.7. The van der Waals surface area contributed by atoms with Gasteiger partial charge in [-0.15, -0.1) is 0 Å². The summed E-state index contributed by atoms with van der Waals surface area (Å²) in [5.74, 6) is -0.970. The van der Waals surface area contributed by atoms with Crippen LogP contribution in [0.5, 0.6) is 0 Å².